The number of anilines is 1. The molecule has 1 aromatic carbocycles. The van der Waals surface area contributed by atoms with Gasteiger partial charge < -0.3 is 14.2 Å². The van der Waals surface area contributed by atoms with E-state index in [1.54, 1.807) is 6.08 Å². The second kappa shape index (κ2) is 10.4. The number of carbonyl (C=O) groups is 2. The Morgan fingerprint density at radius 1 is 1.27 bits per heavy atom. The zero-order valence-corrected chi connectivity index (χ0v) is 19.9. The van der Waals surface area contributed by atoms with Crippen molar-refractivity contribution in [3.63, 3.8) is 0 Å². The summed E-state index contributed by atoms with van der Waals surface area (Å²) in [5.74, 6) is 1.44. The summed E-state index contributed by atoms with van der Waals surface area (Å²) < 4.78 is 11.3. The van der Waals surface area contributed by atoms with Gasteiger partial charge in [0, 0.05) is 31.6 Å². The highest BCUT2D eigenvalue weighted by atomic mass is 32.2. The van der Waals surface area contributed by atoms with E-state index in [4.69, 9.17) is 9.26 Å². The van der Waals surface area contributed by atoms with Crippen molar-refractivity contribution < 1.29 is 18.8 Å². The molecular formula is C23H29N5O4S. The summed E-state index contributed by atoms with van der Waals surface area (Å²) >= 11 is 0.914. The van der Waals surface area contributed by atoms with Gasteiger partial charge in [0.2, 0.25) is 0 Å². The van der Waals surface area contributed by atoms with Crippen molar-refractivity contribution in [2.75, 3.05) is 38.2 Å². The molecule has 0 aliphatic carbocycles. The molecule has 3 heterocycles. The molecule has 2 saturated heterocycles. The van der Waals surface area contributed by atoms with Crippen LogP contribution in [0.4, 0.5) is 10.8 Å². The summed E-state index contributed by atoms with van der Waals surface area (Å²) in [5.41, 5.74) is 0.848. The van der Waals surface area contributed by atoms with E-state index < -0.39 is 0 Å². The van der Waals surface area contributed by atoms with E-state index in [1.165, 1.54) is 0 Å². The number of piperidine rings is 1. The molecule has 0 spiro atoms. The van der Waals surface area contributed by atoms with Crippen molar-refractivity contribution in [3.8, 4) is 5.75 Å². The van der Waals surface area contributed by atoms with Crippen LogP contribution in [0.3, 0.4) is 0 Å². The number of nitrogens with one attached hydrogen (secondary N) is 1. The van der Waals surface area contributed by atoms with Crippen LogP contribution in [0.2, 0.25) is 0 Å². The van der Waals surface area contributed by atoms with Crippen molar-refractivity contribution in [3.05, 3.63) is 40.6 Å². The highest BCUT2D eigenvalue weighted by Gasteiger charge is 2.26. The summed E-state index contributed by atoms with van der Waals surface area (Å²) in [6.45, 7) is 7.33. The van der Waals surface area contributed by atoms with Gasteiger partial charge in [-0.15, -0.1) is 0 Å². The second-order valence-corrected chi connectivity index (χ2v) is 9.57. The average Bonchev–Trinajstić information content (AvgIpc) is 3.42. The maximum Gasteiger partial charge on any atom is 0.324 e. The maximum absolute atomic E-state index is 11.6. The average molecular weight is 472 g/mol. The molecule has 2 amide bonds. The predicted octanol–water partition coefficient (Wildman–Crippen LogP) is 3.50. The van der Waals surface area contributed by atoms with Crippen LogP contribution < -0.4 is 15.0 Å². The summed E-state index contributed by atoms with van der Waals surface area (Å²) in [6, 6.07) is 8.62. The first-order chi connectivity index (χ1) is 15.9. The molecule has 1 aromatic heterocycles. The third-order valence-electron chi connectivity index (χ3n) is 5.84. The van der Waals surface area contributed by atoms with E-state index in [9.17, 15) is 9.59 Å². The number of thioether (sulfide) groups is 1. The normalized spacial score (nSPS) is 18.6. The molecule has 0 radical (unpaired) electrons. The number of amides is 2. The Hall–Kier alpha value is -2.85. The number of aromatic nitrogens is 2. The van der Waals surface area contributed by atoms with E-state index in [-0.39, 0.29) is 17.1 Å². The topological polar surface area (TPSA) is 101 Å². The zero-order chi connectivity index (χ0) is 23.4. The van der Waals surface area contributed by atoms with E-state index >= 15 is 0 Å². The van der Waals surface area contributed by atoms with Crippen molar-refractivity contribution in [2.45, 2.75) is 38.6 Å². The molecule has 33 heavy (non-hydrogen) atoms. The molecule has 0 atom stereocenters. The first-order valence-corrected chi connectivity index (χ1v) is 12.0. The minimum absolute atomic E-state index is 0.262. The Bertz CT molecular complexity index is 1010. The lowest BCUT2D eigenvalue weighted by atomic mass is 10.0. The zero-order valence-electron chi connectivity index (χ0n) is 19.1. The van der Waals surface area contributed by atoms with Gasteiger partial charge in [-0.2, -0.15) is 4.98 Å². The quantitative estimate of drug-likeness (QED) is 0.580. The van der Waals surface area contributed by atoms with Gasteiger partial charge in [-0.3, -0.25) is 19.8 Å². The largest absolute Gasteiger partial charge is 0.492 e. The number of likely N-dealkylation sites (N-methyl/N-ethyl adjacent to an activating group) is 1. The standard InChI is InChI=1S/C23H29N5O4S/c1-15(2)20-24-22(32-26-20)28-10-8-17(9-11-28)27(3)12-13-31-18-6-4-16(5-7-18)14-19-21(29)25-23(30)33-19/h4-7,14-15,17H,8-13H2,1-3H3,(H,25,29,30)/b19-14-. The number of benzene rings is 1. The number of hydrogen-bond donors (Lipinski definition) is 1. The molecule has 0 bridgehead atoms. The summed E-state index contributed by atoms with van der Waals surface area (Å²) in [6.07, 6.45) is 3.77. The van der Waals surface area contributed by atoms with Crippen LogP contribution in [0, 0.1) is 0 Å². The van der Waals surface area contributed by atoms with Crippen LogP contribution in [-0.2, 0) is 4.79 Å². The summed E-state index contributed by atoms with van der Waals surface area (Å²) in [4.78, 5) is 32.3. The molecule has 9 nitrogen and oxygen atoms in total. The molecule has 0 saturated carbocycles. The highest BCUT2D eigenvalue weighted by molar-refractivity contribution is 8.18. The lowest BCUT2D eigenvalue weighted by Gasteiger charge is -2.35. The number of hydrogen-bond acceptors (Lipinski definition) is 9. The van der Waals surface area contributed by atoms with Gasteiger partial charge in [-0.1, -0.05) is 31.1 Å². The summed E-state index contributed by atoms with van der Waals surface area (Å²) in [7, 11) is 2.13. The van der Waals surface area contributed by atoms with Gasteiger partial charge in [0.25, 0.3) is 11.1 Å². The Balaban J connectivity index is 1.20. The predicted molar refractivity (Wildman–Crippen MR) is 127 cm³/mol. The van der Waals surface area contributed by atoms with Crippen LogP contribution in [-0.4, -0.2) is 65.5 Å². The smallest absolute Gasteiger partial charge is 0.324 e. The first-order valence-electron chi connectivity index (χ1n) is 11.2. The van der Waals surface area contributed by atoms with Crippen molar-refractivity contribution in [1.29, 1.82) is 0 Å². The lowest BCUT2D eigenvalue weighted by Crippen LogP contribution is -2.44. The highest BCUT2D eigenvalue weighted by Crippen LogP contribution is 2.26. The number of carbonyl (C=O) groups excluding carboxylic acids is 2. The van der Waals surface area contributed by atoms with Gasteiger partial charge in [0.1, 0.15) is 12.4 Å². The Morgan fingerprint density at radius 2 is 2.00 bits per heavy atom. The maximum atomic E-state index is 11.6. The third-order valence-corrected chi connectivity index (χ3v) is 6.65. The van der Waals surface area contributed by atoms with Crippen LogP contribution in [0.25, 0.3) is 6.08 Å². The molecule has 2 aliphatic heterocycles. The molecule has 0 unspecified atom stereocenters. The molecular weight excluding hydrogens is 442 g/mol. The molecule has 2 fully saturated rings. The number of ether oxygens (including phenoxy) is 1. The lowest BCUT2D eigenvalue weighted by molar-refractivity contribution is -0.115. The van der Waals surface area contributed by atoms with Crippen LogP contribution in [0.1, 0.15) is 44.0 Å². The van der Waals surface area contributed by atoms with Gasteiger partial charge >= 0.3 is 6.01 Å². The van der Waals surface area contributed by atoms with Crippen LogP contribution in [0.15, 0.2) is 33.7 Å². The monoisotopic (exact) mass is 471 g/mol. The molecule has 1 N–H and O–H groups in total. The van der Waals surface area contributed by atoms with Crippen LogP contribution >= 0.6 is 11.8 Å². The minimum atomic E-state index is -0.350. The van der Waals surface area contributed by atoms with E-state index in [0.29, 0.717) is 23.6 Å². The third kappa shape index (κ3) is 5.94. The minimum Gasteiger partial charge on any atom is -0.492 e. The SMILES string of the molecule is CC(C)c1noc(N2CCC(N(C)CCOc3ccc(/C=C4\SC(=O)NC4=O)cc3)CC2)n1. The number of imide groups is 1. The van der Waals surface area contributed by atoms with Gasteiger partial charge in [0.15, 0.2) is 5.82 Å². The van der Waals surface area contributed by atoms with Crippen molar-refractivity contribution >= 4 is 35.0 Å². The van der Waals surface area contributed by atoms with Crippen molar-refractivity contribution in [2.24, 2.45) is 0 Å². The fraction of sp³-hybridized carbons (Fsp3) is 0.478. The number of rotatable bonds is 8. The Labute approximate surface area is 197 Å². The summed E-state index contributed by atoms with van der Waals surface area (Å²) in [5, 5.41) is 5.98. The Kier molecular flexibility index (Phi) is 7.34. The van der Waals surface area contributed by atoms with Gasteiger partial charge in [0.05, 0.1) is 4.91 Å². The fourth-order valence-electron chi connectivity index (χ4n) is 3.81. The molecule has 2 aliphatic rings. The molecule has 176 valence electrons. The van der Waals surface area contributed by atoms with E-state index in [0.717, 1.165) is 61.4 Å². The molecule has 4 rings (SSSR count). The Morgan fingerprint density at radius 3 is 2.61 bits per heavy atom. The number of nitrogens with zero attached hydrogens (tertiary/aromatic N) is 4. The van der Waals surface area contributed by atoms with Crippen LogP contribution in [0.5, 0.6) is 5.75 Å². The van der Waals surface area contributed by atoms with Gasteiger partial charge in [-0.25, -0.2) is 0 Å². The molecule has 2 aromatic rings. The fourth-order valence-corrected chi connectivity index (χ4v) is 4.49. The van der Waals surface area contributed by atoms with Crippen molar-refractivity contribution in [1.82, 2.24) is 20.4 Å². The van der Waals surface area contributed by atoms with E-state index in [2.05, 4.69) is 46.2 Å². The first kappa shape index (κ1) is 23.3. The van der Waals surface area contributed by atoms with Gasteiger partial charge in [-0.05, 0) is 55.4 Å². The second-order valence-electron chi connectivity index (χ2n) is 8.56. The van der Waals surface area contributed by atoms with E-state index in [1.807, 2.05) is 24.3 Å². The molecule has 10 heteroatoms.